The van der Waals surface area contributed by atoms with Crippen molar-refractivity contribution in [2.24, 2.45) is 0 Å². The summed E-state index contributed by atoms with van der Waals surface area (Å²) in [4.78, 5) is 15.0. The number of hydrogen-bond acceptors (Lipinski definition) is 4. The maximum atomic E-state index is 13.1. The summed E-state index contributed by atoms with van der Waals surface area (Å²) in [7, 11) is 0. The van der Waals surface area contributed by atoms with Crippen molar-refractivity contribution in [2.45, 2.75) is 38.4 Å². The standard InChI is InChI=1S/C22H28N4O2/c1-2-10-26-20-9-8-18(23-16-17-6-4-3-5-7-17)15-19(20)21(24-26)22(27)25-11-13-28-14-12-25/h2-7,18,23H,1,8-16H2/t18-/m1/s1. The molecule has 0 unspecified atom stereocenters. The molecule has 1 saturated heterocycles. The van der Waals surface area contributed by atoms with Crippen molar-refractivity contribution < 1.29 is 9.53 Å². The number of benzene rings is 1. The minimum absolute atomic E-state index is 0.0334. The monoisotopic (exact) mass is 380 g/mol. The lowest BCUT2D eigenvalue weighted by Crippen LogP contribution is -2.41. The van der Waals surface area contributed by atoms with Gasteiger partial charge in [-0.15, -0.1) is 6.58 Å². The van der Waals surface area contributed by atoms with Crippen LogP contribution in [-0.4, -0.2) is 52.9 Å². The zero-order chi connectivity index (χ0) is 19.3. The van der Waals surface area contributed by atoms with Crippen LogP contribution in [0.1, 0.15) is 33.7 Å². The quantitative estimate of drug-likeness (QED) is 0.781. The van der Waals surface area contributed by atoms with Crippen LogP contribution in [0.3, 0.4) is 0 Å². The van der Waals surface area contributed by atoms with Gasteiger partial charge < -0.3 is 15.0 Å². The van der Waals surface area contributed by atoms with E-state index in [9.17, 15) is 4.79 Å². The number of rotatable bonds is 6. The molecule has 0 spiro atoms. The van der Waals surface area contributed by atoms with E-state index in [0.717, 1.165) is 31.4 Å². The van der Waals surface area contributed by atoms with Crippen molar-refractivity contribution in [3.8, 4) is 0 Å². The molecular formula is C22H28N4O2. The van der Waals surface area contributed by atoms with E-state index in [4.69, 9.17) is 9.84 Å². The highest BCUT2D eigenvalue weighted by molar-refractivity contribution is 5.94. The summed E-state index contributed by atoms with van der Waals surface area (Å²) in [5.41, 5.74) is 4.19. The Labute approximate surface area is 166 Å². The zero-order valence-electron chi connectivity index (χ0n) is 16.3. The average molecular weight is 380 g/mol. The predicted molar refractivity (Wildman–Crippen MR) is 108 cm³/mol. The van der Waals surface area contributed by atoms with Crippen LogP contribution in [0.25, 0.3) is 0 Å². The minimum Gasteiger partial charge on any atom is -0.378 e. The molecule has 6 heteroatoms. The smallest absolute Gasteiger partial charge is 0.274 e. The number of ether oxygens (including phenoxy) is 1. The van der Waals surface area contributed by atoms with E-state index in [0.29, 0.717) is 44.6 Å². The zero-order valence-corrected chi connectivity index (χ0v) is 16.3. The van der Waals surface area contributed by atoms with Gasteiger partial charge in [-0.1, -0.05) is 36.4 Å². The Morgan fingerprint density at radius 3 is 2.82 bits per heavy atom. The first-order valence-electron chi connectivity index (χ1n) is 10.1. The molecule has 6 nitrogen and oxygen atoms in total. The summed E-state index contributed by atoms with van der Waals surface area (Å²) in [6.45, 7) is 7.80. The van der Waals surface area contributed by atoms with E-state index in [2.05, 4.69) is 36.2 Å². The number of hydrogen-bond donors (Lipinski definition) is 1. The van der Waals surface area contributed by atoms with E-state index < -0.39 is 0 Å². The lowest BCUT2D eigenvalue weighted by Gasteiger charge is -2.28. The van der Waals surface area contributed by atoms with Crippen LogP contribution in [0, 0.1) is 0 Å². The van der Waals surface area contributed by atoms with Crippen LogP contribution >= 0.6 is 0 Å². The Kier molecular flexibility index (Phi) is 5.88. The fourth-order valence-corrected chi connectivity index (χ4v) is 4.08. The third-order valence-electron chi connectivity index (χ3n) is 5.59. The van der Waals surface area contributed by atoms with Gasteiger partial charge in [0.15, 0.2) is 5.69 Å². The number of fused-ring (bicyclic) bond motifs is 1. The summed E-state index contributed by atoms with van der Waals surface area (Å²) in [5, 5.41) is 8.36. The Morgan fingerprint density at radius 2 is 2.07 bits per heavy atom. The third kappa shape index (κ3) is 4.03. The number of nitrogens with zero attached hydrogens (tertiary/aromatic N) is 3. The lowest BCUT2D eigenvalue weighted by molar-refractivity contribution is 0.0297. The van der Waals surface area contributed by atoms with Crippen LogP contribution < -0.4 is 5.32 Å². The molecule has 2 aromatic rings. The van der Waals surface area contributed by atoms with Crippen LogP contribution in [0.5, 0.6) is 0 Å². The van der Waals surface area contributed by atoms with Gasteiger partial charge in [-0.25, -0.2) is 0 Å². The van der Waals surface area contributed by atoms with Crippen LogP contribution in [0.15, 0.2) is 43.0 Å². The summed E-state index contributed by atoms with van der Waals surface area (Å²) in [5.74, 6) is 0.0334. The Morgan fingerprint density at radius 1 is 1.29 bits per heavy atom. The second-order valence-electron chi connectivity index (χ2n) is 7.46. The molecule has 0 saturated carbocycles. The topological polar surface area (TPSA) is 59.4 Å². The summed E-state index contributed by atoms with van der Waals surface area (Å²) >= 11 is 0. The predicted octanol–water partition coefficient (Wildman–Crippen LogP) is 2.19. The number of carbonyl (C=O) groups is 1. The molecule has 4 rings (SSSR count). The molecule has 1 aliphatic carbocycles. The van der Waals surface area contributed by atoms with E-state index in [1.54, 1.807) is 0 Å². The summed E-state index contributed by atoms with van der Waals surface area (Å²) in [6, 6.07) is 10.8. The van der Waals surface area contributed by atoms with Crippen molar-refractivity contribution in [3.05, 3.63) is 65.5 Å². The number of nitrogens with one attached hydrogen (secondary N) is 1. The SMILES string of the molecule is C=CCn1nc(C(=O)N2CCOCC2)c2c1CC[C@@H](NCc1ccccc1)C2. The number of allylic oxidation sites excluding steroid dienone is 1. The molecule has 148 valence electrons. The van der Waals surface area contributed by atoms with Gasteiger partial charge >= 0.3 is 0 Å². The Hall–Kier alpha value is -2.44. The first kappa shape index (κ1) is 18.9. The van der Waals surface area contributed by atoms with Crippen molar-refractivity contribution >= 4 is 5.91 Å². The molecule has 1 aromatic heterocycles. The molecular weight excluding hydrogens is 352 g/mol. The molecule has 2 heterocycles. The van der Waals surface area contributed by atoms with Crippen LogP contribution in [0.4, 0.5) is 0 Å². The molecule has 1 aromatic carbocycles. The van der Waals surface area contributed by atoms with E-state index in [1.165, 1.54) is 11.3 Å². The van der Waals surface area contributed by atoms with Crippen molar-refractivity contribution in [3.63, 3.8) is 0 Å². The maximum Gasteiger partial charge on any atom is 0.274 e. The largest absolute Gasteiger partial charge is 0.378 e. The molecule has 1 fully saturated rings. The lowest BCUT2D eigenvalue weighted by atomic mass is 9.91. The van der Waals surface area contributed by atoms with Gasteiger partial charge in [0.1, 0.15) is 0 Å². The fourth-order valence-electron chi connectivity index (χ4n) is 4.08. The first-order chi connectivity index (χ1) is 13.8. The maximum absolute atomic E-state index is 13.1. The Bertz CT molecular complexity index is 825. The molecule has 1 amide bonds. The van der Waals surface area contributed by atoms with Gasteiger partial charge in [-0.3, -0.25) is 9.48 Å². The normalized spacial score (nSPS) is 19.3. The molecule has 1 atom stereocenters. The van der Waals surface area contributed by atoms with Gasteiger partial charge in [0, 0.05) is 36.9 Å². The van der Waals surface area contributed by atoms with E-state index in [1.807, 2.05) is 21.7 Å². The highest BCUT2D eigenvalue weighted by atomic mass is 16.5. The molecule has 1 aliphatic heterocycles. The number of carbonyl (C=O) groups excluding carboxylic acids is 1. The van der Waals surface area contributed by atoms with Crippen molar-refractivity contribution in [1.82, 2.24) is 20.0 Å². The second kappa shape index (κ2) is 8.71. The second-order valence-corrected chi connectivity index (χ2v) is 7.46. The van der Waals surface area contributed by atoms with Gasteiger partial charge in [0.2, 0.25) is 0 Å². The summed E-state index contributed by atoms with van der Waals surface area (Å²) < 4.78 is 7.35. The van der Waals surface area contributed by atoms with Gasteiger partial charge in [-0.05, 0) is 24.8 Å². The van der Waals surface area contributed by atoms with Crippen molar-refractivity contribution in [2.75, 3.05) is 26.3 Å². The summed E-state index contributed by atoms with van der Waals surface area (Å²) in [6.07, 6.45) is 4.66. The first-order valence-corrected chi connectivity index (χ1v) is 10.1. The van der Waals surface area contributed by atoms with Gasteiger partial charge in [0.25, 0.3) is 5.91 Å². The number of amides is 1. The van der Waals surface area contributed by atoms with Crippen LogP contribution in [0.2, 0.25) is 0 Å². The van der Waals surface area contributed by atoms with Gasteiger partial charge in [-0.2, -0.15) is 5.10 Å². The molecule has 2 aliphatic rings. The average Bonchev–Trinajstić information content (AvgIpc) is 3.11. The van der Waals surface area contributed by atoms with Gasteiger partial charge in [0.05, 0.1) is 19.8 Å². The van der Waals surface area contributed by atoms with E-state index >= 15 is 0 Å². The third-order valence-corrected chi connectivity index (χ3v) is 5.59. The molecule has 0 bridgehead atoms. The van der Waals surface area contributed by atoms with E-state index in [-0.39, 0.29) is 5.91 Å². The minimum atomic E-state index is 0.0334. The highest BCUT2D eigenvalue weighted by Crippen LogP contribution is 2.26. The number of morpholine rings is 1. The molecule has 1 N–H and O–H groups in total. The highest BCUT2D eigenvalue weighted by Gasteiger charge is 2.31. The fraction of sp³-hybridized carbons (Fsp3) is 0.455. The number of aromatic nitrogens is 2. The van der Waals surface area contributed by atoms with Crippen molar-refractivity contribution in [1.29, 1.82) is 0 Å². The molecule has 28 heavy (non-hydrogen) atoms. The Balaban J connectivity index is 1.52. The molecule has 0 radical (unpaired) electrons. The van der Waals surface area contributed by atoms with Crippen LogP contribution in [-0.2, 0) is 30.7 Å².